The van der Waals surface area contributed by atoms with Crippen LogP contribution in [0.15, 0.2) is 29.2 Å². The van der Waals surface area contributed by atoms with Gasteiger partial charge in [0, 0.05) is 6.07 Å². The van der Waals surface area contributed by atoms with Crippen LogP contribution in [0.4, 0.5) is 11.5 Å². The number of ether oxygens (including phenoxy) is 2. The van der Waals surface area contributed by atoms with Gasteiger partial charge in [-0.3, -0.25) is 0 Å². The number of benzene rings is 1. The van der Waals surface area contributed by atoms with Gasteiger partial charge < -0.3 is 25.5 Å². The van der Waals surface area contributed by atoms with E-state index in [2.05, 4.69) is 15.3 Å². The lowest BCUT2D eigenvalue weighted by atomic mass is 10.2. The van der Waals surface area contributed by atoms with Crippen molar-refractivity contribution in [3.05, 3.63) is 34.9 Å². The lowest BCUT2D eigenvalue weighted by molar-refractivity contribution is 0.313. The number of nitrogens with one attached hydrogen (secondary N) is 2. The van der Waals surface area contributed by atoms with E-state index in [4.69, 9.17) is 15.2 Å². The molecule has 0 amide bonds. The van der Waals surface area contributed by atoms with Crippen LogP contribution in [0, 0.1) is 0 Å². The lowest BCUT2D eigenvalue weighted by Gasteiger charge is -2.20. The molecule has 104 valence electrons. The van der Waals surface area contributed by atoms with Gasteiger partial charge in [-0.15, -0.1) is 0 Å². The van der Waals surface area contributed by atoms with Crippen molar-refractivity contribution in [2.24, 2.45) is 5.73 Å². The fourth-order valence-corrected chi connectivity index (χ4v) is 1.86. The smallest absolute Gasteiger partial charge is 0.347 e. The molecule has 0 spiro atoms. The van der Waals surface area contributed by atoms with Crippen LogP contribution in [0.5, 0.6) is 17.2 Å². The maximum atomic E-state index is 11.2. The standard InChI is InChI=1S/C13H14N4O3/c14-4-1-5-19-8-2-3-10-9(6-8)16-12-11(20-10)7-15-13(18)17-12/h2-3,6-7H,1,4-5,14H2,(H2,15,16,17,18). The molecule has 0 fully saturated rings. The quantitative estimate of drug-likeness (QED) is 0.621. The summed E-state index contributed by atoms with van der Waals surface area (Å²) in [5, 5.41) is 3.05. The molecule has 0 unspecified atom stereocenters. The van der Waals surface area contributed by atoms with Crippen LogP contribution in [-0.4, -0.2) is 23.1 Å². The lowest BCUT2D eigenvalue weighted by Crippen LogP contribution is -2.15. The van der Waals surface area contributed by atoms with Crippen molar-refractivity contribution in [1.29, 1.82) is 0 Å². The molecule has 3 rings (SSSR count). The molecule has 0 atom stereocenters. The van der Waals surface area contributed by atoms with Crippen LogP contribution in [-0.2, 0) is 0 Å². The van der Waals surface area contributed by atoms with Crippen molar-refractivity contribution in [2.45, 2.75) is 6.42 Å². The van der Waals surface area contributed by atoms with Gasteiger partial charge in [0.2, 0.25) is 0 Å². The van der Waals surface area contributed by atoms with Crippen molar-refractivity contribution < 1.29 is 9.47 Å². The van der Waals surface area contributed by atoms with Crippen LogP contribution in [0.25, 0.3) is 0 Å². The van der Waals surface area contributed by atoms with E-state index in [-0.39, 0.29) is 0 Å². The van der Waals surface area contributed by atoms with E-state index in [1.165, 1.54) is 6.20 Å². The Kier molecular flexibility index (Phi) is 3.26. The highest BCUT2D eigenvalue weighted by molar-refractivity contribution is 5.73. The number of hydrogen-bond acceptors (Lipinski definition) is 6. The third kappa shape index (κ3) is 2.43. The van der Waals surface area contributed by atoms with E-state index < -0.39 is 5.69 Å². The third-order valence-electron chi connectivity index (χ3n) is 2.81. The molecule has 0 radical (unpaired) electrons. The first-order valence-electron chi connectivity index (χ1n) is 6.28. The predicted octanol–water partition coefficient (Wildman–Crippen LogP) is 1.35. The molecule has 7 heteroatoms. The first kappa shape index (κ1) is 12.5. The first-order chi connectivity index (χ1) is 9.76. The fraction of sp³-hybridized carbons (Fsp3) is 0.231. The number of aromatic nitrogens is 2. The first-order valence-corrected chi connectivity index (χ1v) is 6.28. The average Bonchev–Trinajstić information content (AvgIpc) is 2.45. The van der Waals surface area contributed by atoms with Gasteiger partial charge in [-0.05, 0) is 25.1 Å². The molecule has 2 heterocycles. The molecule has 4 N–H and O–H groups in total. The van der Waals surface area contributed by atoms with Crippen LogP contribution >= 0.6 is 0 Å². The van der Waals surface area contributed by atoms with Crippen molar-refractivity contribution in [1.82, 2.24) is 9.97 Å². The number of nitrogens with zero attached hydrogens (tertiary/aromatic N) is 1. The largest absolute Gasteiger partial charge is 0.493 e. The molecule has 0 aliphatic carbocycles. The summed E-state index contributed by atoms with van der Waals surface area (Å²) in [7, 11) is 0. The van der Waals surface area contributed by atoms with Crippen molar-refractivity contribution in [3.63, 3.8) is 0 Å². The second-order valence-corrected chi connectivity index (χ2v) is 4.29. The number of fused-ring (bicyclic) bond motifs is 2. The maximum Gasteiger partial charge on any atom is 0.347 e. The topological polar surface area (TPSA) is 102 Å². The summed E-state index contributed by atoms with van der Waals surface area (Å²) in [4.78, 5) is 17.5. The highest BCUT2D eigenvalue weighted by atomic mass is 16.5. The van der Waals surface area contributed by atoms with Crippen molar-refractivity contribution >= 4 is 11.5 Å². The Morgan fingerprint density at radius 3 is 3.10 bits per heavy atom. The van der Waals surface area contributed by atoms with E-state index in [1.54, 1.807) is 12.1 Å². The number of hydrogen-bond donors (Lipinski definition) is 3. The number of nitrogens with two attached hydrogens (primary N) is 1. The molecule has 0 saturated heterocycles. The zero-order valence-electron chi connectivity index (χ0n) is 10.7. The van der Waals surface area contributed by atoms with E-state index in [0.717, 1.165) is 6.42 Å². The molecule has 0 saturated carbocycles. The summed E-state index contributed by atoms with van der Waals surface area (Å²) >= 11 is 0. The molecule has 1 aliphatic heterocycles. The average molecular weight is 274 g/mol. The van der Waals surface area contributed by atoms with Gasteiger partial charge in [0.25, 0.3) is 0 Å². The molecule has 7 nitrogen and oxygen atoms in total. The van der Waals surface area contributed by atoms with Gasteiger partial charge in [0.15, 0.2) is 17.3 Å². The molecular weight excluding hydrogens is 260 g/mol. The van der Waals surface area contributed by atoms with Gasteiger partial charge in [0.1, 0.15) is 5.75 Å². The molecule has 20 heavy (non-hydrogen) atoms. The second-order valence-electron chi connectivity index (χ2n) is 4.29. The summed E-state index contributed by atoms with van der Waals surface area (Å²) in [5.41, 5.74) is 5.69. The summed E-state index contributed by atoms with van der Waals surface area (Å²) < 4.78 is 11.2. The molecule has 0 bridgehead atoms. The Bertz CT molecular complexity index is 684. The zero-order valence-corrected chi connectivity index (χ0v) is 10.7. The normalized spacial score (nSPS) is 11.8. The number of aromatic amines is 1. The number of anilines is 2. The van der Waals surface area contributed by atoms with Crippen LogP contribution < -0.4 is 26.2 Å². The van der Waals surface area contributed by atoms with Crippen molar-refractivity contribution in [3.8, 4) is 17.2 Å². The summed E-state index contributed by atoms with van der Waals surface area (Å²) in [6.07, 6.45) is 2.27. The molecular formula is C13H14N4O3. The second kappa shape index (κ2) is 5.22. The Morgan fingerprint density at radius 2 is 2.25 bits per heavy atom. The Morgan fingerprint density at radius 1 is 1.35 bits per heavy atom. The summed E-state index contributed by atoms with van der Waals surface area (Å²) in [6.45, 7) is 1.15. The molecule has 2 aromatic rings. The van der Waals surface area contributed by atoms with Gasteiger partial charge in [-0.2, -0.15) is 4.98 Å². The van der Waals surface area contributed by atoms with Crippen molar-refractivity contribution in [2.75, 3.05) is 18.5 Å². The minimum Gasteiger partial charge on any atom is -0.493 e. The Hall–Kier alpha value is -2.54. The highest BCUT2D eigenvalue weighted by Crippen LogP contribution is 2.41. The molecule has 1 aliphatic rings. The van der Waals surface area contributed by atoms with E-state index in [1.807, 2.05) is 6.07 Å². The highest BCUT2D eigenvalue weighted by Gasteiger charge is 2.18. The van der Waals surface area contributed by atoms with Crippen LogP contribution in [0.2, 0.25) is 0 Å². The predicted molar refractivity (Wildman–Crippen MR) is 73.8 cm³/mol. The SMILES string of the molecule is NCCCOc1ccc2c(c1)Nc1nc(=O)[nH]cc1O2. The fourth-order valence-electron chi connectivity index (χ4n) is 1.86. The summed E-state index contributed by atoms with van der Waals surface area (Å²) in [6, 6.07) is 5.42. The van der Waals surface area contributed by atoms with E-state index in [9.17, 15) is 4.79 Å². The van der Waals surface area contributed by atoms with Gasteiger partial charge in [0.05, 0.1) is 18.5 Å². The monoisotopic (exact) mass is 274 g/mol. The Labute approximate surface area is 114 Å². The van der Waals surface area contributed by atoms with Crippen LogP contribution in [0.3, 0.4) is 0 Å². The number of rotatable bonds is 4. The minimum atomic E-state index is -0.432. The zero-order chi connectivity index (χ0) is 13.9. The van der Waals surface area contributed by atoms with Gasteiger partial charge in [-0.1, -0.05) is 0 Å². The summed E-state index contributed by atoms with van der Waals surface area (Å²) in [5.74, 6) is 2.23. The molecule has 1 aromatic heterocycles. The van der Waals surface area contributed by atoms with E-state index in [0.29, 0.717) is 41.9 Å². The van der Waals surface area contributed by atoms with Gasteiger partial charge >= 0.3 is 5.69 Å². The minimum absolute atomic E-state index is 0.389. The van der Waals surface area contributed by atoms with Gasteiger partial charge in [-0.25, -0.2) is 4.79 Å². The van der Waals surface area contributed by atoms with E-state index >= 15 is 0 Å². The van der Waals surface area contributed by atoms with Crippen LogP contribution in [0.1, 0.15) is 6.42 Å². The molecule has 1 aromatic carbocycles. The number of H-pyrrole nitrogens is 1. The maximum absolute atomic E-state index is 11.2. The third-order valence-corrected chi connectivity index (χ3v) is 2.81. The Balaban J connectivity index is 1.83.